The fourth-order valence-corrected chi connectivity index (χ4v) is 3.51. The highest BCUT2D eigenvalue weighted by atomic mass is 35.5. The van der Waals surface area contributed by atoms with Gasteiger partial charge in [-0.05, 0) is 36.8 Å². The normalized spacial score (nSPS) is 26.6. The van der Waals surface area contributed by atoms with Crippen molar-refractivity contribution in [1.82, 2.24) is 10.2 Å². The summed E-state index contributed by atoms with van der Waals surface area (Å²) in [5.74, 6) is 0.266. The largest absolute Gasteiger partial charge is 0.391 e. The summed E-state index contributed by atoms with van der Waals surface area (Å²) in [5.41, 5.74) is 1.12. The van der Waals surface area contributed by atoms with E-state index in [1.165, 1.54) is 0 Å². The molecule has 120 valence electrons. The zero-order valence-corrected chi connectivity index (χ0v) is 13.6. The topological polar surface area (TPSA) is 52.6 Å². The van der Waals surface area contributed by atoms with Gasteiger partial charge >= 0.3 is 6.03 Å². The molecule has 22 heavy (non-hydrogen) atoms. The highest BCUT2D eigenvalue weighted by molar-refractivity contribution is 6.31. The van der Waals surface area contributed by atoms with E-state index in [2.05, 4.69) is 5.32 Å². The maximum atomic E-state index is 12.3. The number of carbonyl (C=O) groups excluding carboxylic acids is 1. The Morgan fingerprint density at radius 2 is 2.18 bits per heavy atom. The van der Waals surface area contributed by atoms with Crippen LogP contribution in [-0.2, 0) is 5.41 Å². The van der Waals surface area contributed by atoms with Gasteiger partial charge in [0.25, 0.3) is 0 Å². The third kappa shape index (κ3) is 3.08. The summed E-state index contributed by atoms with van der Waals surface area (Å²) in [5, 5.41) is 13.7. The molecule has 2 amide bonds. The van der Waals surface area contributed by atoms with E-state index in [-0.39, 0.29) is 17.4 Å². The lowest BCUT2D eigenvalue weighted by Crippen LogP contribution is -2.50. The fourth-order valence-electron chi connectivity index (χ4n) is 3.17. The van der Waals surface area contributed by atoms with Crippen LogP contribution in [0.2, 0.25) is 5.02 Å². The highest BCUT2D eigenvalue weighted by Crippen LogP contribution is 2.49. The lowest BCUT2D eigenvalue weighted by atomic mass is 9.95. The van der Waals surface area contributed by atoms with Gasteiger partial charge < -0.3 is 15.3 Å². The van der Waals surface area contributed by atoms with Crippen molar-refractivity contribution >= 4 is 17.6 Å². The van der Waals surface area contributed by atoms with E-state index in [1.54, 1.807) is 4.90 Å². The number of urea groups is 1. The maximum absolute atomic E-state index is 12.3. The Morgan fingerprint density at radius 1 is 1.45 bits per heavy atom. The summed E-state index contributed by atoms with van der Waals surface area (Å²) in [6, 6.07) is 7.79. The number of rotatable bonds is 3. The van der Waals surface area contributed by atoms with Gasteiger partial charge in [-0.2, -0.15) is 0 Å². The van der Waals surface area contributed by atoms with Crippen LogP contribution in [-0.4, -0.2) is 41.8 Å². The molecule has 0 bridgehead atoms. The second-order valence-electron chi connectivity index (χ2n) is 6.70. The lowest BCUT2D eigenvalue weighted by Gasteiger charge is -2.34. The average Bonchev–Trinajstić information content (AvgIpc) is 3.29. The van der Waals surface area contributed by atoms with Crippen molar-refractivity contribution in [3.63, 3.8) is 0 Å². The van der Waals surface area contributed by atoms with Crippen LogP contribution in [0.5, 0.6) is 0 Å². The van der Waals surface area contributed by atoms with Crippen LogP contribution in [0.15, 0.2) is 24.3 Å². The molecule has 3 rings (SSSR count). The highest BCUT2D eigenvalue weighted by Gasteiger charge is 2.45. The van der Waals surface area contributed by atoms with Gasteiger partial charge in [-0.15, -0.1) is 0 Å². The van der Waals surface area contributed by atoms with Crippen molar-refractivity contribution in [2.45, 2.75) is 37.7 Å². The van der Waals surface area contributed by atoms with E-state index in [0.717, 1.165) is 29.8 Å². The molecule has 1 saturated heterocycles. The first-order valence-electron chi connectivity index (χ1n) is 7.98. The summed E-state index contributed by atoms with van der Waals surface area (Å²) < 4.78 is 0. The summed E-state index contributed by atoms with van der Waals surface area (Å²) in [6.45, 7) is 3.77. The smallest absolute Gasteiger partial charge is 0.317 e. The number of likely N-dealkylation sites (tertiary alicyclic amines) is 1. The Balaban J connectivity index is 1.59. The number of β-amino-alcohol motifs (C(OH)–C–C–N with tert-alkyl or cyclic N) is 1. The zero-order chi connectivity index (χ0) is 15.7. The summed E-state index contributed by atoms with van der Waals surface area (Å²) in [6.07, 6.45) is 2.54. The number of nitrogens with zero attached hydrogens (tertiary/aromatic N) is 1. The Kier molecular flexibility index (Phi) is 4.33. The molecule has 0 spiro atoms. The first-order valence-corrected chi connectivity index (χ1v) is 8.35. The van der Waals surface area contributed by atoms with Gasteiger partial charge in [-0.25, -0.2) is 4.79 Å². The number of aliphatic hydroxyl groups is 1. The Labute approximate surface area is 136 Å². The van der Waals surface area contributed by atoms with Gasteiger partial charge in [0.1, 0.15) is 0 Å². The van der Waals surface area contributed by atoms with Crippen LogP contribution in [0.3, 0.4) is 0 Å². The number of piperidine rings is 1. The van der Waals surface area contributed by atoms with Gasteiger partial charge in [0.15, 0.2) is 0 Å². The van der Waals surface area contributed by atoms with E-state index in [9.17, 15) is 9.90 Å². The number of benzene rings is 1. The summed E-state index contributed by atoms with van der Waals surface area (Å²) in [7, 11) is 0. The van der Waals surface area contributed by atoms with E-state index in [4.69, 9.17) is 11.6 Å². The number of aliphatic hydroxyl groups excluding tert-OH is 1. The van der Waals surface area contributed by atoms with E-state index in [1.807, 2.05) is 31.2 Å². The molecular weight excluding hydrogens is 300 g/mol. The number of halogens is 1. The lowest BCUT2D eigenvalue weighted by molar-refractivity contribution is 0.0435. The monoisotopic (exact) mass is 322 g/mol. The molecular formula is C17H23ClN2O2. The molecule has 2 fully saturated rings. The van der Waals surface area contributed by atoms with Gasteiger partial charge in [0, 0.05) is 30.1 Å². The van der Waals surface area contributed by atoms with Crippen molar-refractivity contribution in [3.8, 4) is 0 Å². The molecule has 1 aromatic carbocycles. The van der Waals surface area contributed by atoms with Gasteiger partial charge in [0.05, 0.1) is 6.10 Å². The van der Waals surface area contributed by atoms with Crippen molar-refractivity contribution in [2.75, 3.05) is 19.6 Å². The summed E-state index contributed by atoms with van der Waals surface area (Å²) in [4.78, 5) is 14.0. The molecule has 1 heterocycles. The summed E-state index contributed by atoms with van der Waals surface area (Å²) >= 11 is 6.29. The van der Waals surface area contributed by atoms with E-state index in [0.29, 0.717) is 19.6 Å². The molecule has 4 nitrogen and oxygen atoms in total. The Hall–Kier alpha value is -1.26. The maximum Gasteiger partial charge on any atom is 0.317 e. The number of carbonyl (C=O) groups is 1. The predicted molar refractivity (Wildman–Crippen MR) is 87.1 cm³/mol. The molecule has 2 atom stereocenters. The molecule has 1 saturated carbocycles. The van der Waals surface area contributed by atoms with Crippen LogP contribution in [0.25, 0.3) is 0 Å². The molecule has 0 aromatic heterocycles. The van der Waals surface area contributed by atoms with Crippen molar-refractivity contribution < 1.29 is 9.90 Å². The quantitative estimate of drug-likeness (QED) is 0.899. The number of hydrogen-bond acceptors (Lipinski definition) is 2. The fraction of sp³-hybridized carbons (Fsp3) is 0.588. The van der Waals surface area contributed by atoms with Gasteiger partial charge in [-0.1, -0.05) is 36.7 Å². The van der Waals surface area contributed by atoms with Gasteiger partial charge in [0.2, 0.25) is 0 Å². The average molecular weight is 323 g/mol. The molecule has 5 heteroatoms. The number of nitrogens with one attached hydrogen (secondary N) is 1. The minimum Gasteiger partial charge on any atom is -0.391 e. The SMILES string of the molecule is CC1CCN(C(=O)NCC2(c3ccccc3Cl)CC2)CC1O. The van der Waals surface area contributed by atoms with Crippen LogP contribution < -0.4 is 5.32 Å². The first-order chi connectivity index (χ1) is 10.5. The zero-order valence-electron chi connectivity index (χ0n) is 12.9. The molecule has 2 N–H and O–H groups in total. The van der Waals surface area contributed by atoms with Crippen molar-refractivity contribution in [3.05, 3.63) is 34.9 Å². The Morgan fingerprint density at radius 3 is 2.82 bits per heavy atom. The minimum absolute atomic E-state index is 0.00427. The minimum atomic E-state index is -0.419. The molecule has 0 radical (unpaired) electrons. The van der Waals surface area contributed by atoms with Gasteiger partial charge in [-0.3, -0.25) is 0 Å². The standard InChI is InChI=1S/C17H23ClN2O2/c1-12-6-9-20(10-15(12)21)16(22)19-11-17(7-8-17)13-4-2-3-5-14(13)18/h2-5,12,15,21H,6-11H2,1H3,(H,19,22). The molecule has 1 aliphatic carbocycles. The predicted octanol–water partition coefficient (Wildman–Crippen LogP) is 2.78. The van der Waals surface area contributed by atoms with Crippen molar-refractivity contribution in [1.29, 1.82) is 0 Å². The molecule has 2 aliphatic rings. The van der Waals surface area contributed by atoms with E-state index >= 15 is 0 Å². The first kappa shape index (κ1) is 15.6. The van der Waals surface area contributed by atoms with Crippen LogP contribution >= 0.6 is 11.6 Å². The van der Waals surface area contributed by atoms with Crippen LogP contribution in [0, 0.1) is 5.92 Å². The molecule has 1 aliphatic heterocycles. The molecule has 2 unspecified atom stereocenters. The third-order valence-electron chi connectivity index (χ3n) is 5.08. The Bertz CT molecular complexity index is 559. The second-order valence-corrected chi connectivity index (χ2v) is 7.11. The van der Waals surface area contributed by atoms with Crippen LogP contribution in [0.1, 0.15) is 31.7 Å². The molecule has 1 aromatic rings. The second kappa shape index (κ2) is 6.09. The van der Waals surface area contributed by atoms with Crippen LogP contribution in [0.4, 0.5) is 4.79 Å². The van der Waals surface area contributed by atoms with E-state index < -0.39 is 6.10 Å². The number of hydrogen-bond donors (Lipinski definition) is 2. The third-order valence-corrected chi connectivity index (χ3v) is 5.41. The number of amides is 2. The van der Waals surface area contributed by atoms with Crippen molar-refractivity contribution in [2.24, 2.45) is 5.92 Å².